The Morgan fingerprint density at radius 1 is 0.917 bits per heavy atom. The molecular formula is C20H14O4. The van der Waals surface area contributed by atoms with Gasteiger partial charge in [-0.1, -0.05) is 48.5 Å². The number of carbonyl (C=O) groups is 3. The van der Waals surface area contributed by atoms with Gasteiger partial charge < -0.3 is 4.74 Å². The van der Waals surface area contributed by atoms with Gasteiger partial charge in [0, 0.05) is 5.92 Å². The van der Waals surface area contributed by atoms with Crippen molar-refractivity contribution in [1.82, 2.24) is 0 Å². The van der Waals surface area contributed by atoms with Crippen LogP contribution in [-0.4, -0.2) is 17.7 Å². The number of Topliss-reactive ketones (excluding diaryl/α,β-unsaturated/α-hetero) is 1. The molecule has 0 radical (unpaired) electrons. The molecule has 1 saturated heterocycles. The van der Waals surface area contributed by atoms with Gasteiger partial charge in [-0.3, -0.25) is 14.4 Å². The molecule has 6 rings (SSSR count). The number of carbonyl (C=O) groups excluding carboxylic acids is 3. The first kappa shape index (κ1) is 13.7. The predicted molar refractivity (Wildman–Crippen MR) is 84.3 cm³/mol. The van der Waals surface area contributed by atoms with Crippen molar-refractivity contribution in [3.05, 3.63) is 70.8 Å². The topological polar surface area (TPSA) is 60.4 Å². The van der Waals surface area contributed by atoms with Crippen molar-refractivity contribution in [3.8, 4) is 0 Å². The van der Waals surface area contributed by atoms with Crippen LogP contribution in [0, 0.1) is 11.8 Å². The average molecular weight is 318 g/mol. The normalized spacial score (nSPS) is 32.0. The van der Waals surface area contributed by atoms with Gasteiger partial charge in [-0.05, 0) is 29.2 Å². The van der Waals surface area contributed by atoms with E-state index < -0.39 is 29.2 Å². The molecule has 4 aliphatic rings. The Balaban J connectivity index is 1.99. The fraction of sp³-hybridized carbons (Fsp3) is 0.250. The van der Waals surface area contributed by atoms with Gasteiger partial charge >= 0.3 is 11.9 Å². The van der Waals surface area contributed by atoms with Gasteiger partial charge in [-0.2, -0.15) is 0 Å². The minimum atomic E-state index is -1.13. The molecule has 2 atom stereocenters. The van der Waals surface area contributed by atoms with Crippen LogP contribution in [0.3, 0.4) is 0 Å². The fourth-order valence-corrected chi connectivity index (χ4v) is 5.18. The number of hydrogen-bond donors (Lipinski definition) is 0. The molecule has 118 valence electrons. The maximum absolute atomic E-state index is 13.0. The van der Waals surface area contributed by atoms with Gasteiger partial charge in [-0.25, -0.2) is 0 Å². The van der Waals surface area contributed by atoms with Gasteiger partial charge in [0.1, 0.15) is 5.78 Å². The van der Waals surface area contributed by atoms with E-state index in [4.69, 9.17) is 4.74 Å². The van der Waals surface area contributed by atoms with Gasteiger partial charge in [0.15, 0.2) is 0 Å². The summed E-state index contributed by atoms with van der Waals surface area (Å²) in [5, 5.41) is 0. The number of esters is 2. The Labute approximate surface area is 138 Å². The van der Waals surface area contributed by atoms with Crippen molar-refractivity contribution in [1.29, 1.82) is 0 Å². The van der Waals surface area contributed by atoms with Crippen molar-refractivity contribution < 1.29 is 19.1 Å². The molecule has 0 aromatic heterocycles. The van der Waals surface area contributed by atoms with Gasteiger partial charge in [0.2, 0.25) is 0 Å². The highest BCUT2D eigenvalue weighted by Gasteiger charge is 2.69. The monoisotopic (exact) mass is 318 g/mol. The molecule has 0 N–H and O–H groups in total. The summed E-state index contributed by atoms with van der Waals surface area (Å²) < 4.78 is 5.00. The highest BCUT2D eigenvalue weighted by atomic mass is 16.6. The average Bonchev–Trinajstić information content (AvgIpc) is 2.90. The molecule has 2 bridgehead atoms. The minimum absolute atomic E-state index is 0.123. The quantitative estimate of drug-likeness (QED) is 0.598. The van der Waals surface area contributed by atoms with Crippen molar-refractivity contribution in [2.24, 2.45) is 11.8 Å². The summed E-state index contributed by atoms with van der Waals surface area (Å²) in [6, 6.07) is 15.3. The standard InChI is InChI=1S/C20H14O4/c1-10(21)20-13-8-4-2-6-11(13)15(12-7-3-5-9-14(12)20)16-17(20)19(23)24-18(16)22/h2-9,15-17H,1H3/t15?,16-,17-,20?/m0/s1. The molecule has 0 spiro atoms. The highest BCUT2D eigenvalue weighted by molar-refractivity contribution is 6.08. The van der Waals surface area contributed by atoms with E-state index in [-0.39, 0.29) is 11.7 Å². The number of ether oxygens (including phenoxy) is 1. The largest absolute Gasteiger partial charge is 0.393 e. The summed E-state index contributed by atoms with van der Waals surface area (Å²) in [7, 11) is 0. The minimum Gasteiger partial charge on any atom is -0.393 e. The number of cyclic esters (lactones) is 2. The SMILES string of the molecule is CC(=O)C12c3ccccc3C(c3ccccc31)[C@@H]1C(=O)OC(=O)[C@H]12. The molecule has 4 nitrogen and oxygen atoms in total. The number of hydrogen-bond acceptors (Lipinski definition) is 4. The molecule has 1 fully saturated rings. The van der Waals surface area contributed by atoms with Crippen LogP contribution in [-0.2, 0) is 24.5 Å². The summed E-state index contributed by atoms with van der Waals surface area (Å²) in [5.74, 6) is -2.83. The summed E-state index contributed by atoms with van der Waals surface area (Å²) in [6.45, 7) is 1.51. The van der Waals surface area contributed by atoms with Crippen LogP contribution < -0.4 is 0 Å². The highest BCUT2D eigenvalue weighted by Crippen LogP contribution is 2.63. The van der Waals surface area contributed by atoms with E-state index in [1.54, 1.807) is 0 Å². The summed E-state index contributed by atoms with van der Waals surface area (Å²) in [6.07, 6.45) is 0. The number of rotatable bonds is 1. The van der Waals surface area contributed by atoms with E-state index in [0.29, 0.717) is 0 Å². The molecular weight excluding hydrogens is 304 g/mol. The van der Waals surface area contributed by atoms with E-state index in [9.17, 15) is 14.4 Å². The maximum atomic E-state index is 13.0. The second-order valence-corrected chi connectivity index (χ2v) is 6.76. The van der Waals surface area contributed by atoms with Crippen LogP contribution in [0.25, 0.3) is 0 Å². The van der Waals surface area contributed by atoms with E-state index >= 15 is 0 Å². The molecule has 0 amide bonds. The second kappa shape index (κ2) is 4.20. The molecule has 2 aromatic carbocycles. The third-order valence-corrected chi connectivity index (χ3v) is 5.91. The Bertz CT molecular complexity index is 895. The first-order valence-electron chi connectivity index (χ1n) is 8.04. The zero-order valence-corrected chi connectivity index (χ0v) is 13.0. The third kappa shape index (κ3) is 1.26. The lowest BCUT2D eigenvalue weighted by atomic mass is 9.46. The van der Waals surface area contributed by atoms with E-state index in [1.165, 1.54) is 6.92 Å². The molecule has 1 aliphatic heterocycles. The zero-order valence-electron chi connectivity index (χ0n) is 13.0. The fourth-order valence-electron chi connectivity index (χ4n) is 5.18. The molecule has 24 heavy (non-hydrogen) atoms. The Morgan fingerprint density at radius 2 is 1.46 bits per heavy atom. The van der Waals surface area contributed by atoms with Gasteiger partial charge in [0.05, 0.1) is 17.3 Å². The van der Waals surface area contributed by atoms with E-state index in [0.717, 1.165) is 22.3 Å². The molecule has 1 heterocycles. The summed E-state index contributed by atoms with van der Waals surface area (Å²) in [5.41, 5.74) is 2.47. The van der Waals surface area contributed by atoms with E-state index in [2.05, 4.69) is 0 Å². The number of benzene rings is 2. The molecule has 0 unspecified atom stereocenters. The summed E-state index contributed by atoms with van der Waals surface area (Å²) >= 11 is 0. The lowest BCUT2D eigenvalue weighted by molar-refractivity contribution is -0.154. The van der Waals surface area contributed by atoms with Crippen LogP contribution in [0.4, 0.5) is 0 Å². The number of ketones is 1. The maximum Gasteiger partial charge on any atom is 0.319 e. The van der Waals surface area contributed by atoms with Crippen LogP contribution in [0.1, 0.15) is 35.1 Å². The first-order chi connectivity index (χ1) is 11.6. The molecule has 4 heteroatoms. The lowest BCUT2D eigenvalue weighted by Gasteiger charge is -2.52. The molecule has 2 aromatic rings. The first-order valence-corrected chi connectivity index (χ1v) is 8.04. The second-order valence-electron chi connectivity index (χ2n) is 6.76. The van der Waals surface area contributed by atoms with E-state index in [1.807, 2.05) is 48.5 Å². The predicted octanol–water partition coefficient (Wildman–Crippen LogP) is 2.34. The smallest absolute Gasteiger partial charge is 0.319 e. The Morgan fingerprint density at radius 3 is 2.00 bits per heavy atom. The lowest BCUT2D eigenvalue weighted by Crippen LogP contribution is -2.57. The van der Waals surface area contributed by atoms with Crippen LogP contribution in [0.2, 0.25) is 0 Å². The van der Waals surface area contributed by atoms with Crippen LogP contribution >= 0.6 is 0 Å². The van der Waals surface area contributed by atoms with Gasteiger partial charge in [0.25, 0.3) is 0 Å². The Kier molecular flexibility index (Phi) is 2.39. The van der Waals surface area contributed by atoms with Crippen molar-refractivity contribution >= 4 is 17.7 Å². The van der Waals surface area contributed by atoms with Gasteiger partial charge in [-0.15, -0.1) is 0 Å². The summed E-state index contributed by atoms with van der Waals surface area (Å²) in [4.78, 5) is 38.0. The van der Waals surface area contributed by atoms with Crippen molar-refractivity contribution in [2.45, 2.75) is 18.3 Å². The Hall–Kier alpha value is -2.75. The zero-order chi connectivity index (χ0) is 16.6. The molecule has 3 aliphatic carbocycles. The van der Waals surface area contributed by atoms with Crippen LogP contribution in [0.15, 0.2) is 48.5 Å². The van der Waals surface area contributed by atoms with Crippen LogP contribution in [0.5, 0.6) is 0 Å². The molecule has 0 saturated carbocycles. The third-order valence-electron chi connectivity index (χ3n) is 5.91. The van der Waals surface area contributed by atoms with Crippen molar-refractivity contribution in [3.63, 3.8) is 0 Å². The van der Waals surface area contributed by atoms with Crippen molar-refractivity contribution in [2.75, 3.05) is 0 Å².